The summed E-state index contributed by atoms with van der Waals surface area (Å²) < 4.78 is 0. The Balaban J connectivity index is 4.60. The summed E-state index contributed by atoms with van der Waals surface area (Å²) in [5.74, 6) is 0. The summed E-state index contributed by atoms with van der Waals surface area (Å²) in [5.41, 5.74) is -0.0278. The summed E-state index contributed by atoms with van der Waals surface area (Å²) in [6.07, 6.45) is 7.15. The molecule has 0 aromatic rings. The van der Waals surface area contributed by atoms with Crippen LogP contribution in [0.3, 0.4) is 0 Å². The van der Waals surface area contributed by atoms with Crippen LogP contribution in [0.1, 0.15) is 41.5 Å². The van der Waals surface area contributed by atoms with Gasteiger partial charge in [-0.05, 0) is 41.5 Å². The maximum atomic E-state index is 7.15. The van der Waals surface area contributed by atoms with Crippen molar-refractivity contribution in [2.24, 2.45) is 0 Å². The third-order valence-electron chi connectivity index (χ3n) is 1.45. The van der Waals surface area contributed by atoms with Crippen LogP contribution in [0.5, 0.6) is 0 Å². The van der Waals surface area contributed by atoms with E-state index in [4.69, 9.17) is 6.42 Å². The van der Waals surface area contributed by atoms with Gasteiger partial charge in [-0.15, -0.1) is 0 Å². The number of rotatable bonds is 0. The minimum absolute atomic E-state index is 0.0139. The fraction of sp³-hybridized carbons (Fsp3) is 0.800. The Kier molecular flexibility index (Phi) is 2.61. The Labute approximate surface area is 70.8 Å². The lowest BCUT2D eigenvalue weighted by Crippen LogP contribution is -2.49. The summed E-state index contributed by atoms with van der Waals surface area (Å²) in [4.78, 5) is 1.92. The fourth-order valence-electron chi connectivity index (χ4n) is 1.34. The first-order chi connectivity index (χ1) is 4.69. The van der Waals surface area contributed by atoms with Crippen LogP contribution in [0.15, 0.2) is 0 Å². The Bertz CT molecular complexity index is 147. The average molecular weight is 152 g/mol. The zero-order valence-electron chi connectivity index (χ0n) is 8.45. The van der Waals surface area contributed by atoms with Gasteiger partial charge >= 0.3 is 0 Å². The minimum Gasteiger partial charge on any atom is -0.321 e. The van der Waals surface area contributed by atoms with Gasteiger partial charge in [0.15, 0.2) is 0 Å². The van der Waals surface area contributed by atoms with Crippen molar-refractivity contribution in [3.63, 3.8) is 0 Å². The van der Waals surface area contributed by atoms with Gasteiger partial charge in [-0.25, -0.2) is 0 Å². The molecule has 0 rings (SSSR count). The first-order valence-electron chi connectivity index (χ1n) is 3.92. The molecule has 0 aliphatic carbocycles. The van der Waals surface area contributed by atoms with Crippen LogP contribution in [0.25, 0.3) is 0 Å². The summed E-state index contributed by atoms with van der Waals surface area (Å²) in [6.45, 7) is 12.5. The molecule has 0 N–H and O–H groups in total. The van der Waals surface area contributed by atoms with E-state index in [-0.39, 0.29) is 11.1 Å². The summed E-state index contributed by atoms with van der Waals surface area (Å²) in [5, 5.41) is 0. The van der Waals surface area contributed by atoms with E-state index in [1.54, 1.807) is 0 Å². The standard InChI is InChI=1S/C10H18N/c1-8-11(9(2,3)4)10(5,6)7/h2-7H3. The van der Waals surface area contributed by atoms with Gasteiger partial charge in [0.2, 0.25) is 0 Å². The smallest absolute Gasteiger partial charge is 0.0402 e. The van der Waals surface area contributed by atoms with Crippen molar-refractivity contribution in [3.8, 4) is 6.04 Å². The highest BCUT2D eigenvalue weighted by Gasteiger charge is 2.28. The predicted molar refractivity (Wildman–Crippen MR) is 48.5 cm³/mol. The van der Waals surface area contributed by atoms with E-state index in [1.807, 2.05) is 4.90 Å². The van der Waals surface area contributed by atoms with Crippen LogP contribution in [-0.2, 0) is 0 Å². The SMILES string of the molecule is [C]#CN(C(C)(C)C)C(C)(C)C. The predicted octanol–water partition coefficient (Wildman–Crippen LogP) is 2.43. The van der Waals surface area contributed by atoms with Crippen LogP contribution >= 0.6 is 0 Å². The lowest BCUT2D eigenvalue weighted by molar-refractivity contribution is 0.110. The van der Waals surface area contributed by atoms with E-state index >= 15 is 0 Å². The van der Waals surface area contributed by atoms with Gasteiger partial charge in [0, 0.05) is 23.5 Å². The van der Waals surface area contributed by atoms with Crippen molar-refractivity contribution in [3.05, 3.63) is 6.42 Å². The molecule has 0 aromatic carbocycles. The highest BCUT2D eigenvalue weighted by molar-refractivity contribution is 4.97. The quantitative estimate of drug-likeness (QED) is 0.380. The molecule has 0 amide bonds. The molecule has 0 saturated heterocycles. The zero-order valence-corrected chi connectivity index (χ0v) is 8.45. The maximum Gasteiger partial charge on any atom is 0.0402 e. The topological polar surface area (TPSA) is 3.24 Å². The van der Waals surface area contributed by atoms with Crippen LogP contribution < -0.4 is 0 Å². The molecule has 0 aromatic heterocycles. The van der Waals surface area contributed by atoms with Gasteiger partial charge in [0.05, 0.1) is 0 Å². The second kappa shape index (κ2) is 2.77. The Morgan fingerprint density at radius 2 is 1.18 bits per heavy atom. The van der Waals surface area contributed by atoms with E-state index in [1.165, 1.54) is 0 Å². The average Bonchev–Trinajstić information content (AvgIpc) is 1.56. The van der Waals surface area contributed by atoms with Crippen molar-refractivity contribution in [1.82, 2.24) is 4.90 Å². The monoisotopic (exact) mass is 152 g/mol. The molecular formula is C10H18N. The van der Waals surface area contributed by atoms with Gasteiger partial charge in [-0.1, -0.05) is 0 Å². The van der Waals surface area contributed by atoms with Gasteiger partial charge in [0.25, 0.3) is 0 Å². The Hall–Kier alpha value is -0.640. The molecule has 0 fully saturated rings. The van der Waals surface area contributed by atoms with E-state index < -0.39 is 0 Å². The summed E-state index contributed by atoms with van der Waals surface area (Å²) >= 11 is 0. The second-order valence-corrected chi connectivity index (χ2v) is 4.79. The lowest BCUT2D eigenvalue weighted by Gasteiger charge is -2.42. The molecular weight excluding hydrogens is 134 g/mol. The highest BCUT2D eigenvalue weighted by atomic mass is 15.2. The Morgan fingerprint density at radius 1 is 0.909 bits per heavy atom. The molecule has 0 atom stereocenters. The van der Waals surface area contributed by atoms with Crippen molar-refractivity contribution in [1.29, 1.82) is 0 Å². The lowest BCUT2D eigenvalue weighted by atomic mass is 9.97. The molecule has 0 bridgehead atoms. The molecule has 63 valence electrons. The zero-order chi connectivity index (χ0) is 9.28. The molecule has 1 radical (unpaired) electrons. The third kappa shape index (κ3) is 2.84. The molecule has 0 heterocycles. The first-order valence-corrected chi connectivity index (χ1v) is 3.92. The second-order valence-electron chi connectivity index (χ2n) is 4.79. The minimum atomic E-state index is -0.0139. The van der Waals surface area contributed by atoms with Crippen molar-refractivity contribution < 1.29 is 0 Å². The molecule has 1 heteroatoms. The molecule has 0 spiro atoms. The highest BCUT2D eigenvalue weighted by Crippen LogP contribution is 2.22. The third-order valence-corrected chi connectivity index (χ3v) is 1.45. The van der Waals surface area contributed by atoms with Crippen molar-refractivity contribution in [2.45, 2.75) is 52.6 Å². The van der Waals surface area contributed by atoms with Gasteiger partial charge in [0.1, 0.15) is 0 Å². The van der Waals surface area contributed by atoms with E-state index in [0.29, 0.717) is 0 Å². The van der Waals surface area contributed by atoms with Gasteiger partial charge < -0.3 is 4.90 Å². The van der Waals surface area contributed by atoms with Gasteiger partial charge in [-0.3, -0.25) is 0 Å². The fourth-order valence-corrected chi connectivity index (χ4v) is 1.34. The van der Waals surface area contributed by atoms with E-state index in [2.05, 4.69) is 47.6 Å². The van der Waals surface area contributed by atoms with Crippen LogP contribution in [0, 0.1) is 12.5 Å². The molecule has 11 heavy (non-hydrogen) atoms. The summed E-state index contributed by atoms with van der Waals surface area (Å²) in [6, 6.07) is 2.47. The molecule has 0 aliphatic heterocycles. The van der Waals surface area contributed by atoms with E-state index in [0.717, 1.165) is 0 Å². The number of hydrogen-bond acceptors (Lipinski definition) is 1. The number of nitrogens with zero attached hydrogens (tertiary/aromatic N) is 1. The normalized spacial score (nSPS) is 12.5. The van der Waals surface area contributed by atoms with E-state index in [9.17, 15) is 0 Å². The van der Waals surface area contributed by atoms with Crippen LogP contribution in [0.4, 0.5) is 0 Å². The Morgan fingerprint density at radius 3 is 1.18 bits per heavy atom. The molecule has 0 saturated carbocycles. The summed E-state index contributed by atoms with van der Waals surface area (Å²) in [7, 11) is 0. The molecule has 1 nitrogen and oxygen atoms in total. The van der Waals surface area contributed by atoms with Crippen molar-refractivity contribution in [2.75, 3.05) is 0 Å². The molecule has 0 unspecified atom stereocenters. The largest absolute Gasteiger partial charge is 0.321 e. The van der Waals surface area contributed by atoms with Gasteiger partial charge in [-0.2, -0.15) is 0 Å². The first kappa shape index (κ1) is 10.4. The van der Waals surface area contributed by atoms with Crippen LogP contribution in [-0.4, -0.2) is 16.0 Å². The molecule has 0 aliphatic rings. The van der Waals surface area contributed by atoms with Crippen LogP contribution in [0.2, 0.25) is 0 Å². The number of hydrogen-bond donors (Lipinski definition) is 0. The maximum absolute atomic E-state index is 7.15. The van der Waals surface area contributed by atoms with Crippen molar-refractivity contribution >= 4 is 0 Å².